The van der Waals surface area contributed by atoms with E-state index in [1.165, 1.54) is 0 Å². The van der Waals surface area contributed by atoms with Crippen LogP contribution in [0.2, 0.25) is 0 Å². The largest absolute Gasteiger partial charge is 0.321 e. The van der Waals surface area contributed by atoms with Gasteiger partial charge in [0.25, 0.3) is 0 Å². The number of anilines is 1. The van der Waals surface area contributed by atoms with E-state index in [9.17, 15) is 4.79 Å². The minimum atomic E-state index is -0.389. The van der Waals surface area contributed by atoms with Crippen molar-refractivity contribution >= 4 is 27.5 Å². The van der Waals surface area contributed by atoms with Crippen molar-refractivity contribution in [3.05, 3.63) is 27.8 Å². The Hall–Kier alpha value is -1.63. The van der Waals surface area contributed by atoms with Crippen molar-refractivity contribution in [2.24, 2.45) is 0 Å². The molecule has 0 saturated heterocycles. The first-order chi connectivity index (χ1) is 9.86. The van der Waals surface area contributed by atoms with Gasteiger partial charge in [-0.3, -0.25) is 14.2 Å². The molecule has 0 fully saturated rings. The molecule has 1 N–H and O–H groups in total. The van der Waals surface area contributed by atoms with E-state index in [4.69, 9.17) is 0 Å². The summed E-state index contributed by atoms with van der Waals surface area (Å²) in [6.45, 7) is 10.4. The van der Waals surface area contributed by atoms with Crippen LogP contribution in [0.15, 0.2) is 10.7 Å². The molecule has 2 heterocycles. The first-order valence-corrected chi connectivity index (χ1v) is 7.70. The smallest absolute Gasteiger partial charge is 0.249 e. The highest BCUT2D eigenvalue weighted by atomic mass is 79.9. The van der Waals surface area contributed by atoms with Gasteiger partial charge in [0.15, 0.2) is 0 Å². The van der Waals surface area contributed by atoms with Gasteiger partial charge < -0.3 is 5.32 Å². The zero-order chi connectivity index (χ0) is 15.7. The Balaban J connectivity index is 2.19. The van der Waals surface area contributed by atoms with Crippen LogP contribution in [0, 0.1) is 20.8 Å². The predicted octanol–water partition coefficient (Wildman–Crippen LogP) is 2.99. The number of hydrogen-bond donors (Lipinski definition) is 1. The molecule has 1 unspecified atom stereocenters. The first kappa shape index (κ1) is 15.8. The molecule has 2 aromatic heterocycles. The van der Waals surface area contributed by atoms with E-state index in [2.05, 4.69) is 31.4 Å². The van der Waals surface area contributed by atoms with Gasteiger partial charge in [-0.1, -0.05) is 0 Å². The average molecular weight is 354 g/mol. The van der Waals surface area contributed by atoms with Crippen LogP contribution in [0.3, 0.4) is 0 Å². The second kappa shape index (κ2) is 6.01. The van der Waals surface area contributed by atoms with Crippen molar-refractivity contribution in [2.75, 3.05) is 5.32 Å². The van der Waals surface area contributed by atoms with E-state index in [1.54, 1.807) is 10.9 Å². The minimum absolute atomic E-state index is 0.105. The molecule has 114 valence electrons. The molecule has 21 heavy (non-hydrogen) atoms. The molecule has 0 aliphatic heterocycles. The molecule has 2 aromatic rings. The average Bonchev–Trinajstić information content (AvgIpc) is 2.93. The maximum atomic E-state index is 12.4. The SMILES string of the molecule is CCn1ncc(NC(=O)C(C)n2nc(C)c(Br)c2C)c1C. The summed E-state index contributed by atoms with van der Waals surface area (Å²) in [7, 11) is 0. The molecule has 0 aliphatic carbocycles. The number of halogens is 1. The van der Waals surface area contributed by atoms with E-state index < -0.39 is 0 Å². The van der Waals surface area contributed by atoms with Crippen molar-refractivity contribution in [3.8, 4) is 0 Å². The van der Waals surface area contributed by atoms with Gasteiger partial charge >= 0.3 is 0 Å². The Morgan fingerprint density at radius 1 is 1.38 bits per heavy atom. The molecule has 1 amide bonds. The fourth-order valence-electron chi connectivity index (χ4n) is 2.26. The van der Waals surface area contributed by atoms with Gasteiger partial charge in [-0.2, -0.15) is 10.2 Å². The third-order valence-corrected chi connectivity index (χ3v) is 4.79. The summed E-state index contributed by atoms with van der Waals surface area (Å²) in [5.41, 5.74) is 3.51. The standard InChI is InChI=1S/C14H20BrN5O/c1-6-19-9(3)12(7-16-19)17-14(21)11(5)20-10(4)13(15)8(2)18-20/h7,11H,6H2,1-5H3,(H,17,21). The number of carbonyl (C=O) groups is 1. The summed E-state index contributed by atoms with van der Waals surface area (Å²) >= 11 is 3.48. The highest BCUT2D eigenvalue weighted by Gasteiger charge is 2.21. The Morgan fingerprint density at radius 3 is 2.52 bits per heavy atom. The molecule has 0 spiro atoms. The van der Waals surface area contributed by atoms with Gasteiger partial charge in [-0.25, -0.2) is 0 Å². The summed E-state index contributed by atoms with van der Waals surface area (Å²) in [5.74, 6) is -0.105. The highest BCUT2D eigenvalue weighted by molar-refractivity contribution is 9.10. The van der Waals surface area contributed by atoms with Crippen molar-refractivity contribution < 1.29 is 4.79 Å². The summed E-state index contributed by atoms with van der Waals surface area (Å²) in [6.07, 6.45) is 1.68. The zero-order valence-corrected chi connectivity index (χ0v) is 14.5. The van der Waals surface area contributed by atoms with Gasteiger partial charge in [0.1, 0.15) is 6.04 Å². The molecular weight excluding hydrogens is 334 g/mol. The molecule has 0 radical (unpaired) electrons. The highest BCUT2D eigenvalue weighted by Crippen LogP contribution is 2.23. The number of nitrogens with zero attached hydrogens (tertiary/aromatic N) is 4. The Labute approximate surface area is 132 Å². The minimum Gasteiger partial charge on any atom is -0.321 e. The Bertz CT molecular complexity index is 673. The molecule has 0 bridgehead atoms. The molecular formula is C14H20BrN5O. The fourth-order valence-corrected chi connectivity index (χ4v) is 2.52. The van der Waals surface area contributed by atoms with E-state index in [1.807, 2.05) is 39.3 Å². The second-order valence-electron chi connectivity index (χ2n) is 5.05. The lowest BCUT2D eigenvalue weighted by Crippen LogP contribution is -2.25. The number of aromatic nitrogens is 4. The number of nitrogens with one attached hydrogen (secondary N) is 1. The van der Waals surface area contributed by atoms with Gasteiger partial charge in [-0.05, 0) is 50.5 Å². The topological polar surface area (TPSA) is 64.7 Å². The number of aryl methyl sites for hydroxylation is 2. The quantitative estimate of drug-likeness (QED) is 0.918. The fraction of sp³-hybridized carbons (Fsp3) is 0.500. The molecule has 2 rings (SSSR count). The zero-order valence-electron chi connectivity index (χ0n) is 12.9. The summed E-state index contributed by atoms with van der Waals surface area (Å²) < 4.78 is 4.52. The number of carbonyl (C=O) groups excluding carboxylic acids is 1. The summed E-state index contributed by atoms with van der Waals surface area (Å²) in [6, 6.07) is -0.389. The third-order valence-electron chi connectivity index (χ3n) is 3.64. The third kappa shape index (κ3) is 2.88. The van der Waals surface area contributed by atoms with Gasteiger partial charge in [-0.15, -0.1) is 0 Å². The van der Waals surface area contributed by atoms with Gasteiger partial charge in [0.2, 0.25) is 5.91 Å². The van der Waals surface area contributed by atoms with Gasteiger partial charge in [0, 0.05) is 6.54 Å². The van der Waals surface area contributed by atoms with E-state index in [0.29, 0.717) is 0 Å². The van der Waals surface area contributed by atoms with Crippen LogP contribution < -0.4 is 5.32 Å². The van der Waals surface area contributed by atoms with Crippen LogP contribution in [0.1, 0.15) is 37.0 Å². The van der Waals surface area contributed by atoms with Crippen molar-refractivity contribution in [1.82, 2.24) is 19.6 Å². The molecule has 0 aromatic carbocycles. The van der Waals surface area contributed by atoms with Crippen LogP contribution >= 0.6 is 15.9 Å². The van der Waals surface area contributed by atoms with Crippen LogP contribution in [-0.4, -0.2) is 25.5 Å². The van der Waals surface area contributed by atoms with E-state index >= 15 is 0 Å². The lowest BCUT2D eigenvalue weighted by atomic mass is 10.3. The summed E-state index contributed by atoms with van der Waals surface area (Å²) in [5, 5.41) is 11.6. The number of hydrogen-bond acceptors (Lipinski definition) is 3. The van der Waals surface area contributed by atoms with E-state index in [-0.39, 0.29) is 11.9 Å². The maximum Gasteiger partial charge on any atom is 0.249 e. The monoisotopic (exact) mass is 353 g/mol. The van der Waals surface area contributed by atoms with Crippen LogP contribution in [-0.2, 0) is 11.3 Å². The number of amides is 1. The van der Waals surface area contributed by atoms with Crippen LogP contribution in [0.25, 0.3) is 0 Å². The maximum absolute atomic E-state index is 12.4. The van der Waals surface area contributed by atoms with Crippen LogP contribution in [0.4, 0.5) is 5.69 Å². The Kier molecular flexibility index (Phi) is 4.51. The van der Waals surface area contributed by atoms with Crippen molar-refractivity contribution in [2.45, 2.75) is 47.2 Å². The molecule has 7 heteroatoms. The normalized spacial score (nSPS) is 12.5. The van der Waals surface area contributed by atoms with Crippen LogP contribution in [0.5, 0.6) is 0 Å². The lowest BCUT2D eigenvalue weighted by Gasteiger charge is -2.14. The summed E-state index contributed by atoms with van der Waals surface area (Å²) in [4.78, 5) is 12.4. The predicted molar refractivity (Wildman–Crippen MR) is 85.4 cm³/mol. The lowest BCUT2D eigenvalue weighted by molar-refractivity contribution is -0.119. The number of rotatable bonds is 4. The molecule has 1 atom stereocenters. The van der Waals surface area contributed by atoms with Crippen molar-refractivity contribution in [3.63, 3.8) is 0 Å². The molecule has 0 saturated carbocycles. The Morgan fingerprint density at radius 2 is 2.05 bits per heavy atom. The second-order valence-corrected chi connectivity index (χ2v) is 5.85. The molecule has 0 aliphatic rings. The van der Waals surface area contributed by atoms with E-state index in [0.717, 1.165) is 33.8 Å². The molecule has 6 nitrogen and oxygen atoms in total. The van der Waals surface area contributed by atoms with Gasteiger partial charge in [0.05, 0.1) is 33.4 Å². The first-order valence-electron chi connectivity index (χ1n) is 6.91. The van der Waals surface area contributed by atoms with Crippen molar-refractivity contribution in [1.29, 1.82) is 0 Å².